The fourth-order valence-corrected chi connectivity index (χ4v) is 2.09. The molecule has 23 heavy (non-hydrogen) atoms. The summed E-state index contributed by atoms with van der Waals surface area (Å²) < 4.78 is 15.6. The van der Waals surface area contributed by atoms with Crippen LogP contribution in [-0.4, -0.2) is 23.2 Å². The molecule has 2 heterocycles. The van der Waals surface area contributed by atoms with E-state index in [9.17, 15) is 4.79 Å². The number of carbonyl (C=O) groups is 1. The van der Waals surface area contributed by atoms with Crippen molar-refractivity contribution in [1.29, 1.82) is 0 Å². The Labute approximate surface area is 132 Å². The van der Waals surface area contributed by atoms with E-state index in [1.807, 2.05) is 24.3 Å². The number of nitrogens with zero attached hydrogens (tertiary/aromatic N) is 2. The molecule has 1 aromatic carbocycles. The highest BCUT2D eigenvalue weighted by Gasteiger charge is 2.20. The van der Waals surface area contributed by atoms with E-state index >= 15 is 0 Å². The van der Waals surface area contributed by atoms with E-state index in [-0.39, 0.29) is 11.7 Å². The zero-order valence-electron chi connectivity index (χ0n) is 12.6. The highest BCUT2D eigenvalue weighted by molar-refractivity contribution is 5.91. The van der Waals surface area contributed by atoms with Crippen LogP contribution in [0.25, 0.3) is 11.4 Å². The van der Waals surface area contributed by atoms with Gasteiger partial charge in [-0.25, -0.2) is 0 Å². The Kier molecular flexibility index (Phi) is 4.09. The number of methoxy groups -OCH3 is 1. The Morgan fingerprint density at radius 3 is 2.83 bits per heavy atom. The molecule has 1 amide bonds. The van der Waals surface area contributed by atoms with E-state index in [4.69, 9.17) is 13.7 Å². The van der Waals surface area contributed by atoms with Gasteiger partial charge in [0.1, 0.15) is 11.8 Å². The third-order valence-electron chi connectivity index (χ3n) is 3.25. The Bertz CT molecular complexity index is 795. The van der Waals surface area contributed by atoms with Gasteiger partial charge in [0.05, 0.1) is 18.9 Å². The fourth-order valence-electron chi connectivity index (χ4n) is 2.09. The molecule has 0 saturated carbocycles. The van der Waals surface area contributed by atoms with E-state index in [0.29, 0.717) is 17.5 Å². The number of nitrogens with one attached hydrogen (secondary N) is 1. The van der Waals surface area contributed by atoms with Gasteiger partial charge in [0.15, 0.2) is 5.76 Å². The van der Waals surface area contributed by atoms with Gasteiger partial charge in [-0.05, 0) is 31.2 Å². The second-order valence-electron chi connectivity index (χ2n) is 4.83. The highest BCUT2D eigenvalue weighted by Crippen LogP contribution is 2.27. The lowest BCUT2D eigenvalue weighted by atomic mass is 10.2. The number of para-hydroxylation sites is 1. The topological polar surface area (TPSA) is 90.4 Å². The van der Waals surface area contributed by atoms with Crippen LogP contribution in [0.4, 0.5) is 0 Å². The number of ether oxygens (including phenoxy) is 1. The molecular weight excluding hydrogens is 298 g/mol. The smallest absolute Gasteiger partial charge is 0.287 e. The number of hydrogen-bond donors (Lipinski definition) is 1. The maximum absolute atomic E-state index is 12.0. The molecule has 7 nitrogen and oxygen atoms in total. The van der Waals surface area contributed by atoms with Crippen LogP contribution in [0.3, 0.4) is 0 Å². The van der Waals surface area contributed by atoms with E-state index in [0.717, 1.165) is 5.56 Å². The van der Waals surface area contributed by atoms with Crippen molar-refractivity contribution < 1.29 is 18.5 Å². The second kappa shape index (κ2) is 6.35. The van der Waals surface area contributed by atoms with Gasteiger partial charge < -0.3 is 19.0 Å². The highest BCUT2D eigenvalue weighted by atomic mass is 16.5. The first kappa shape index (κ1) is 14.8. The maximum Gasteiger partial charge on any atom is 0.287 e. The Balaban J connectivity index is 1.77. The number of amides is 1. The summed E-state index contributed by atoms with van der Waals surface area (Å²) in [6, 6.07) is 10.1. The summed E-state index contributed by atoms with van der Waals surface area (Å²) in [6.45, 7) is 1.75. The molecule has 0 radical (unpaired) electrons. The van der Waals surface area contributed by atoms with Crippen molar-refractivity contribution in [2.45, 2.75) is 13.0 Å². The van der Waals surface area contributed by atoms with E-state index < -0.39 is 6.04 Å². The molecule has 1 N–H and O–H groups in total. The first-order valence-corrected chi connectivity index (χ1v) is 7.00. The Hall–Kier alpha value is -3.09. The van der Waals surface area contributed by atoms with Gasteiger partial charge in [-0.1, -0.05) is 17.3 Å². The summed E-state index contributed by atoms with van der Waals surface area (Å²) in [5.41, 5.74) is 0.717. The molecule has 0 aliphatic rings. The van der Waals surface area contributed by atoms with Crippen molar-refractivity contribution in [3.63, 3.8) is 0 Å². The van der Waals surface area contributed by atoms with Gasteiger partial charge in [0.2, 0.25) is 11.7 Å². The minimum atomic E-state index is -0.455. The van der Waals surface area contributed by atoms with Crippen molar-refractivity contribution in [2.24, 2.45) is 0 Å². The number of benzene rings is 1. The summed E-state index contributed by atoms with van der Waals surface area (Å²) in [4.78, 5) is 16.3. The first-order valence-electron chi connectivity index (χ1n) is 7.00. The summed E-state index contributed by atoms with van der Waals surface area (Å²) in [5, 5.41) is 6.68. The SMILES string of the molecule is COc1ccccc1-c1noc(C(C)NC(=O)c2ccco2)n1. The van der Waals surface area contributed by atoms with Crippen molar-refractivity contribution in [1.82, 2.24) is 15.5 Å². The van der Waals surface area contributed by atoms with Crippen molar-refractivity contribution in [3.8, 4) is 17.1 Å². The average molecular weight is 313 g/mol. The molecule has 7 heteroatoms. The van der Waals surface area contributed by atoms with Crippen LogP contribution in [0.1, 0.15) is 29.4 Å². The van der Waals surface area contributed by atoms with Gasteiger partial charge in [-0.2, -0.15) is 4.98 Å². The number of carbonyl (C=O) groups excluding carboxylic acids is 1. The van der Waals surface area contributed by atoms with Crippen LogP contribution in [0.15, 0.2) is 51.6 Å². The normalized spacial score (nSPS) is 11.9. The largest absolute Gasteiger partial charge is 0.496 e. The molecule has 1 atom stereocenters. The quantitative estimate of drug-likeness (QED) is 0.779. The third kappa shape index (κ3) is 3.08. The number of aromatic nitrogens is 2. The van der Waals surface area contributed by atoms with Crippen molar-refractivity contribution >= 4 is 5.91 Å². The molecule has 0 aliphatic heterocycles. The monoisotopic (exact) mass is 313 g/mol. The van der Waals surface area contributed by atoms with Crippen molar-refractivity contribution in [2.75, 3.05) is 7.11 Å². The number of rotatable bonds is 5. The van der Waals surface area contributed by atoms with Crippen LogP contribution in [0.2, 0.25) is 0 Å². The van der Waals surface area contributed by atoms with Gasteiger partial charge >= 0.3 is 0 Å². The van der Waals surface area contributed by atoms with Gasteiger partial charge in [-0.15, -0.1) is 0 Å². The van der Waals surface area contributed by atoms with E-state index in [1.54, 1.807) is 26.2 Å². The lowest BCUT2D eigenvalue weighted by Gasteiger charge is -2.07. The second-order valence-corrected chi connectivity index (χ2v) is 4.83. The predicted molar refractivity (Wildman–Crippen MR) is 80.9 cm³/mol. The molecule has 118 valence electrons. The predicted octanol–water partition coefficient (Wildman–Crippen LogP) is 2.83. The lowest BCUT2D eigenvalue weighted by Crippen LogP contribution is -2.26. The fraction of sp³-hybridized carbons (Fsp3) is 0.188. The molecule has 3 rings (SSSR count). The zero-order chi connectivity index (χ0) is 16.2. The van der Waals surface area contributed by atoms with Gasteiger partial charge in [0, 0.05) is 0 Å². The molecule has 0 fully saturated rings. The lowest BCUT2D eigenvalue weighted by molar-refractivity contribution is 0.0904. The third-order valence-corrected chi connectivity index (χ3v) is 3.25. The minimum Gasteiger partial charge on any atom is -0.496 e. The van der Waals surface area contributed by atoms with E-state index in [2.05, 4.69) is 15.5 Å². The Morgan fingerprint density at radius 1 is 1.26 bits per heavy atom. The molecular formula is C16H15N3O4. The molecule has 2 aromatic heterocycles. The molecule has 0 spiro atoms. The molecule has 1 unspecified atom stereocenters. The maximum atomic E-state index is 12.0. The van der Waals surface area contributed by atoms with Crippen LogP contribution >= 0.6 is 0 Å². The van der Waals surface area contributed by atoms with Crippen LogP contribution in [0.5, 0.6) is 5.75 Å². The standard InChI is InChI=1S/C16H15N3O4/c1-10(17-15(20)13-8-5-9-22-13)16-18-14(19-23-16)11-6-3-4-7-12(11)21-2/h3-10H,1-2H3,(H,17,20). The number of hydrogen-bond acceptors (Lipinski definition) is 6. The molecule has 0 aliphatic carbocycles. The molecule has 3 aromatic rings. The summed E-state index contributed by atoms with van der Waals surface area (Å²) >= 11 is 0. The minimum absolute atomic E-state index is 0.223. The summed E-state index contributed by atoms with van der Waals surface area (Å²) in [5.74, 6) is 1.22. The Morgan fingerprint density at radius 2 is 2.09 bits per heavy atom. The molecule has 0 bridgehead atoms. The van der Waals surface area contributed by atoms with Crippen LogP contribution in [-0.2, 0) is 0 Å². The summed E-state index contributed by atoms with van der Waals surface area (Å²) in [6.07, 6.45) is 1.44. The van der Waals surface area contributed by atoms with Crippen LogP contribution < -0.4 is 10.1 Å². The van der Waals surface area contributed by atoms with Crippen molar-refractivity contribution in [3.05, 3.63) is 54.3 Å². The van der Waals surface area contributed by atoms with Gasteiger partial charge in [-0.3, -0.25) is 4.79 Å². The van der Waals surface area contributed by atoms with Crippen LogP contribution in [0, 0.1) is 0 Å². The number of furan rings is 1. The molecule has 0 saturated heterocycles. The first-order chi connectivity index (χ1) is 11.2. The summed E-state index contributed by atoms with van der Waals surface area (Å²) in [7, 11) is 1.58. The zero-order valence-corrected chi connectivity index (χ0v) is 12.6. The van der Waals surface area contributed by atoms with Gasteiger partial charge in [0.25, 0.3) is 5.91 Å². The van der Waals surface area contributed by atoms with E-state index in [1.165, 1.54) is 6.26 Å². The average Bonchev–Trinajstić information content (AvgIpc) is 3.26.